The van der Waals surface area contributed by atoms with Crippen molar-refractivity contribution in [1.82, 2.24) is 0 Å². The van der Waals surface area contributed by atoms with Crippen molar-refractivity contribution >= 4 is 16.5 Å². The lowest BCUT2D eigenvalue weighted by Gasteiger charge is -2.15. The van der Waals surface area contributed by atoms with Crippen molar-refractivity contribution in [3.8, 4) is 6.07 Å². The van der Waals surface area contributed by atoms with Gasteiger partial charge in [0, 0.05) is 30.6 Å². The maximum atomic E-state index is 9.00. The summed E-state index contributed by atoms with van der Waals surface area (Å²) in [7, 11) is 4.02. The highest BCUT2D eigenvalue weighted by Gasteiger charge is 2.05. The molecule has 0 aliphatic heterocycles. The van der Waals surface area contributed by atoms with Gasteiger partial charge in [-0.25, -0.2) is 0 Å². The van der Waals surface area contributed by atoms with Gasteiger partial charge in [0.15, 0.2) is 0 Å². The molecule has 2 aromatic rings. The molecule has 74 valence electrons. The van der Waals surface area contributed by atoms with Gasteiger partial charge in [-0.2, -0.15) is 5.26 Å². The highest BCUT2D eigenvalue weighted by Crippen LogP contribution is 2.27. The molecule has 0 heterocycles. The third kappa shape index (κ3) is 1.53. The molecule has 0 aromatic heterocycles. The van der Waals surface area contributed by atoms with Gasteiger partial charge < -0.3 is 4.90 Å². The molecule has 0 aliphatic rings. The summed E-state index contributed by atoms with van der Waals surface area (Å²) in [6, 6.07) is 14.1. The minimum absolute atomic E-state index is 0.733. The second kappa shape index (κ2) is 3.62. The third-order valence-electron chi connectivity index (χ3n) is 2.50. The molecule has 0 radical (unpaired) electrons. The Morgan fingerprint density at radius 1 is 1.00 bits per heavy atom. The van der Waals surface area contributed by atoms with Crippen molar-refractivity contribution < 1.29 is 0 Å². The van der Waals surface area contributed by atoms with E-state index < -0.39 is 0 Å². The predicted molar refractivity (Wildman–Crippen MR) is 63.0 cm³/mol. The summed E-state index contributed by atoms with van der Waals surface area (Å²) in [5, 5.41) is 11.1. The number of rotatable bonds is 1. The topological polar surface area (TPSA) is 27.0 Å². The Bertz CT molecular complexity index is 536. The lowest BCUT2D eigenvalue weighted by atomic mass is 10.0. The van der Waals surface area contributed by atoms with Gasteiger partial charge >= 0.3 is 0 Å². The molecule has 2 rings (SSSR count). The van der Waals surface area contributed by atoms with Gasteiger partial charge in [-0.05, 0) is 12.1 Å². The smallest absolute Gasteiger partial charge is 0.0998 e. The summed E-state index contributed by atoms with van der Waals surface area (Å²) in [6.07, 6.45) is 0. The average molecular weight is 196 g/mol. The van der Waals surface area contributed by atoms with Gasteiger partial charge in [0.1, 0.15) is 0 Å². The molecule has 0 spiro atoms. The number of hydrogen-bond donors (Lipinski definition) is 0. The van der Waals surface area contributed by atoms with Crippen LogP contribution in [-0.4, -0.2) is 14.1 Å². The van der Waals surface area contributed by atoms with E-state index in [1.807, 2.05) is 50.5 Å². The molecule has 0 unspecified atom stereocenters. The van der Waals surface area contributed by atoms with E-state index in [1.54, 1.807) is 0 Å². The molecule has 0 N–H and O–H groups in total. The van der Waals surface area contributed by atoms with Crippen molar-refractivity contribution in [2.24, 2.45) is 0 Å². The SMILES string of the molecule is CN(C)c1ccc(C#N)c2ccccc12. The maximum Gasteiger partial charge on any atom is 0.0998 e. The van der Waals surface area contributed by atoms with Crippen LogP contribution in [0.5, 0.6) is 0 Å². The summed E-state index contributed by atoms with van der Waals surface area (Å²) < 4.78 is 0. The number of nitrogens with zero attached hydrogens (tertiary/aromatic N) is 2. The monoisotopic (exact) mass is 196 g/mol. The minimum Gasteiger partial charge on any atom is -0.377 e. The Balaban J connectivity index is 2.85. The average Bonchev–Trinajstić information content (AvgIpc) is 2.27. The molecule has 0 saturated heterocycles. The molecule has 2 heteroatoms. The first-order chi connectivity index (χ1) is 7.24. The molecule has 0 fully saturated rings. The van der Waals surface area contributed by atoms with E-state index in [-0.39, 0.29) is 0 Å². The van der Waals surface area contributed by atoms with Crippen LogP contribution in [0, 0.1) is 11.3 Å². The van der Waals surface area contributed by atoms with Gasteiger partial charge in [-0.15, -0.1) is 0 Å². The van der Waals surface area contributed by atoms with Crippen LogP contribution in [0.4, 0.5) is 5.69 Å². The zero-order valence-electron chi connectivity index (χ0n) is 8.86. The second-order valence-corrected chi connectivity index (χ2v) is 3.68. The van der Waals surface area contributed by atoms with E-state index in [1.165, 1.54) is 0 Å². The number of fused-ring (bicyclic) bond motifs is 1. The highest BCUT2D eigenvalue weighted by atomic mass is 15.1. The van der Waals surface area contributed by atoms with Crippen LogP contribution in [0.2, 0.25) is 0 Å². The van der Waals surface area contributed by atoms with Gasteiger partial charge in [0.05, 0.1) is 11.6 Å². The van der Waals surface area contributed by atoms with Crippen molar-refractivity contribution in [2.75, 3.05) is 19.0 Å². The minimum atomic E-state index is 0.733. The van der Waals surface area contributed by atoms with E-state index in [4.69, 9.17) is 5.26 Å². The van der Waals surface area contributed by atoms with Gasteiger partial charge in [-0.1, -0.05) is 24.3 Å². The summed E-state index contributed by atoms with van der Waals surface area (Å²) in [6.45, 7) is 0. The summed E-state index contributed by atoms with van der Waals surface area (Å²) in [5.74, 6) is 0. The Hall–Kier alpha value is -2.01. The third-order valence-corrected chi connectivity index (χ3v) is 2.50. The van der Waals surface area contributed by atoms with Crippen LogP contribution < -0.4 is 4.90 Å². The predicted octanol–water partition coefficient (Wildman–Crippen LogP) is 2.78. The zero-order valence-corrected chi connectivity index (χ0v) is 8.86. The largest absolute Gasteiger partial charge is 0.377 e. The summed E-state index contributed by atoms with van der Waals surface area (Å²) >= 11 is 0. The summed E-state index contributed by atoms with van der Waals surface area (Å²) in [4.78, 5) is 2.06. The molecule has 0 saturated carbocycles. The molecular formula is C13H12N2. The molecule has 2 nitrogen and oxygen atoms in total. The van der Waals surface area contributed by atoms with E-state index in [9.17, 15) is 0 Å². The van der Waals surface area contributed by atoms with Crippen molar-refractivity contribution in [3.05, 3.63) is 42.0 Å². The standard InChI is InChI=1S/C13H12N2/c1-15(2)13-8-7-10(9-14)11-5-3-4-6-12(11)13/h3-8H,1-2H3. The number of anilines is 1. The van der Waals surface area contributed by atoms with Crippen LogP contribution >= 0.6 is 0 Å². The number of nitriles is 1. The lowest BCUT2D eigenvalue weighted by Crippen LogP contribution is -2.09. The molecule has 0 bridgehead atoms. The van der Waals surface area contributed by atoms with Crippen LogP contribution in [-0.2, 0) is 0 Å². The first kappa shape index (κ1) is 9.54. The van der Waals surface area contributed by atoms with E-state index >= 15 is 0 Å². The normalized spacial score (nSPS) is 9.93. The Morgan fingerprint density at radius 2 is 1.67 bits per heavy atom. The van der Waals surface area contributed by atoms with Crippen molar-refractivity contribution in [2.45, 2.75) is 0 Å². The van der Waals surface area contributed by atoms with Gasteiger partial charge in [0.2, 0.25) is 0 Å². The lowest BCUT2D eigenvalue weighted by molar-refractivity contribution is 1.14. The van der Waals surface area contributed by atoms with E-state index in [0.29, 0.717) is 0 Å². The molecule has 15 heavy (non-hydrogen) atoms. The Kier molecular flexibility index (Phi) is 2.31. The Labute approximate surface area is 89.4 Å². The van der Waals surface area contributed by atoms with Crippen LogP contribution in [0.25, 0.3) is 10.8 Å². The molecule has 0 aliphatic carbocycles. The fourth-order valence-electron chi connectivity index (χ4n) is 1.77. The first-order valence-electron chi connectivity index (χ1n) is 4.83. The first-order valence-corrected chi connectivity index (χ1v) is 4.83. The molecule has 0 amide bonds. The fraction of sp³-hybridized carbons (Fsp3) is 0.154. The molecule has 0 atom stereocenters. The summed E-state index contributed by atoms with van der Waals surface area (Å²) in [5.41, 5.74) is 1.88. The number of hydrogen-bond acceptors (Lipinski definition) is 2. The Morgan fingerprint density at radius 3 is 2.27 bits per heavy atom. The zero-order chi connectivity index (χ0) is 10.8. The van der Waals surface area contributed by atoms with Crippen LogP contribution in [0.1, 0.15) is 5.56 Å². The number of benzene rings is 2. The van der Waals surface area contributed by atoms with Crippen molar-refractivity contribution in [1.29, 1.82) is 5.26 Å². The fourth-order valence-corrected chi connectivity index (χ4v) is 1.77. The van der Waals surface area contributed by atoms with E-state index in [2.05, 4.69) is 11.0 Å². The van der Waals surface area contributed by atoms with Gasteiger partial charge in [0.25, 0.3) is 0 Å². The van der Waals surface area contributed by atoms with Crippen molar-refractivity contribution in [3.63, 3.8) is 0 Å². The second-order valence-electron chi connectivity index (χ2n) is 3.68. The highest BCUT2D eigenvalue weighted by molar-refractivity contribution is 5.97. The van der Waals surface area contributed by atoms with E-state index in [0.717, 1.165) is 22.0 Å². The molecular weight excluding hydrogens is 184 g/mol. The van der Waals surface area contributed by atoms with Crippen LogP contribution in [0.3, 0.4) is 0 Å². The quantitative estimate of drug-likeness (QED) is 0.701. The maximum absolute atomic E-state index is 9.00. The van der Waals surface area contributed by atoms with Gasteiger partial charge in [-0.3, -0.25) is 0 Å². The van der Waals surface area contributed by atoms with Crippen LogP contribution in [0.15, 0.2) is 36.4 Å². The molecule has 2 aromatic carbocycles.